The molecule has 0 N–H and O–H groups in total. The number of halogens is 1. The van der Waals surface area contributed by atoms with Crippen molar-refractivity contribution in [2.45, 2.75) is 135 Å². The standard InChI is InChI=1S/C22H45Br.H3P/c1-5-9-10-11-12-13-14-15-16-17-18-19-20-21(6-2)22(23,7-3)8-4;/h21H,5-20H2,1-4H3;1H3. The minimum Gasteiger partial charge on any atom is -0.153 e. The summed E-state index contributed by atoms with van der Waals surface area (Å²) in [5.41, 5.74) is 0. The molecule has 0 heterocycles. The van der Waals surface area contributed by atoms with Crippen LogP contribution in [-0.2, 0) is 0 Å². The van der Waals surface area contributed by atoms with Gasteiger partial charge in [-0.15, -0.1) is 0 Å². The van der Waals surface area contributed by atoms with Gasteiger partial charge in [-0.25, -0.2) is 0 Å². The second-order valence-corrected chi connectivity index (χ2v) is 9.10. The van der Waals surface area contributed by atoms with Gasteiger partial charge in [0.2, 0.25) is 0 Å². The lowest BCUT2D eigenvalue weighted by atomic mass is 9.82. The van der Waals surface area contributed by atoms with Gasteiger partial charge in [-0.2, -0.15) is 9.90 Å². The average Bonchev–Trinajstić information content (AvgIpc) is 2.58. The van der Waals surface area contributed by atoms with Crippen molar-refractivity contribution in [3.05, 3.63) is 0 Å². The highest BCUT2D eigenvalue weighted by molar-refractivity contribution is 9.10. The molecule has 24 heavy (non-hydrogen) atoms. The largest absolute Gasteiger partial charge is 0.153 e. The minimum absolute atomic E-state index is 0. The molecule has 0 aliphatic heterocycles. The van der Waals surface area contributed by atoms with Crippen LogP contribution in [-0.4, -0.2) is 4.32 Å². The molecule has 0 saturated heterocycles. The SMILES string of the molecule is CCCCCCCCCCCCCCC(CC)C(Br)(CC)CC.P. The van der Waals surface area contributed by atoms with Gasteiger partial charge >= 0.3 is 0 Å². The molecule has 0 aromatic rings. The van der Waals surface area contributed by atoms with E-state index in [2.05, 4.69) is 43.6 Å². The van der Waals surface area contributed by atoms with E-state index >= 15 is 0 Å². The second kappa shape index (κ2) is 18.7. The van der Waals surface area contributed by atoms with Crippen LogP contribution >= 0.6 is 25.8 Å². The summed E-state index contributed by atoms with van der Waals surface area (Å²) in [6, 6.07) is 0. The van der Waals surface area contributed by atoms with Crippen LogP contribution in [0.15, 0.2) is 0 Å². The summed E-state index contributed by atoms with van der Waals surface area (Å²) in [5, 5.41) is 0. The van der Waals surface area contributed by atoms with Gasteiger partial charge < -0.3 is 0 Å². The Labute approximate surface area is 166 Å². The highest BCUT2D eigenvalue weighted by Gasteiger charge is 2.30. The summed E-state index contributed by atoms with van der Waals surface area (Å²) >= 11 is 4.04. The van der Waals surface area contributed by atoms with E-state index in [1.165, 1.54) is 103 Å². The van der Waals surface area contributed by atoms with E-state index in [1.807, 2.05) is 0 Å². The van der Waals surface area contributed by atoms with E-state index < -0.39 is 0 Å². The second-order valence-electron chi connectivity index (χ2n) is 7.52. The fourth-order valence-electron chi connectivity index (χ4n) is 3.89. The van der Waals surface area contributed by atoms with E-state index in [1.54, 1.807) is 0 Å². The lowest BCUT2D eigenvalue weighted by Crippen LogP contribution is -2.29. The number of unbranched alkanes of at least 4 members (excludes halogenated alkanes) is 11. The Bertz CT molecular complexity index is 238. The van der Waals surface area contributed by atoms with Crippen molar-refractivity contribution in [3.8, 4) is 0 Å². The summed E-state index contributed by atoms with van der Waals surface area (Å²) in [5.74, 6) is 0.862. The van der Waals surface area contributed by atoms with Crippen LogP contribution < -0.4 is 0 Å². The highest BCUT2D eigenvalue weighted by Crippen LogP contribution is 2.39. The van der Waals surface area contributed by atoms with E-state index in [-0.39, 0.29) is 9.90 Å². The van der Waals surface area contributed by atoms with E-state index in [4.69, 9.17) is 0 Å². The van der Waals surface area contributed by atoms with Gasteiger partial charge in [0.05, 0.1) is 0 Å². The van der Waals surface area contributed by atoms with Crippen LogP contribution in [0.3, 0.4) is 0 Å². The van der Waals surface area contributed by atoms with Crippen LogP contribution in [0.25, 0.3) is 0 Å². The molecule has 0 fully saturated rings. The fourth-order valence-corrected chi connectivity index (χ4v) is 4.44. The molecular weight excluding hydrogens is 375 g/mol. The molecule has 2 heteroatoms. The lowest BCUT2D eigenvalue weighted by Gasteiger charge is -2.34. The summed E-state index contributed by atoms with van der Waals surface area (Å²) in [7, 11) is 0. The van der Waals surface area contributed by atoms with Crippen molar-refractivity contribution in [2.24, 2.45) is 5.92 Å². The van der Waals surface area contributed by atoms with Gasteiger partial charge in [-0.05, 0) is 25.2 Å². The van der Waals surface area contributed by atoms with Crippen molar-refractivity contribution < 1.29 is 0 Å². The van der Waals surface area contributed by atoms with Gasteiger partial charge in [0.15, 0.2) is 0 Å². The van der Waals surface area contributed by atoms with E-state index in [9.17, 15) is 0 Å². The summed E-state index contributed by atoms with van der Waals surface area (Å²) < 4.78 is 0.402. The van der Waals surface area contributed by atoms with Gasteiger partial charge in [-0.1, -0.05) is 127 Å². The predicted molar refractivity (Wildman–Crippen MR) is 123 cm³/mol. The molecule has 0 aromatic carbocycles. The van der Waals surface area contributed by atoms with Crippen molar-refractivity contribution in [1.29, 1.82) is 0 Å². The molecular formula is C22H48BrP. The highest BCUT2D eigenvalue weighted by atomic mass is 79.9. The zero-order valence-corrected chi connectivity index (χ0v) is 20.5. The molecule has 2 atom stereocenters. The third-order valence-electron chi connectivity index (χ3n) is 5.81. The maximum Gasteiger partial charge on any atom is 0.0280 e. The van der Waals surface area contributed by atoms with Gasteiger partial charge in [-0.3, -0.25) is 0 Å². The first-order valence-electron chi connectivity index (χ1n) is 10.8. The Morgan fingerprint density at radius 3 is 1.33 bits per heavy atom. The molecule has 0 saturated carbocycles. The maximum atomic E-state index is 4.04. The third-order valence-corrected chi connectivity index (χ3v) is 7.58. The number of rotatable bonds is 17. The minimum atomic E-state index is 0. The van der Waals surface area contributed by atoms with Crippen LogP contribution in [0, 0.1) is 5.92 Å². The molecule has 0 aliphatic carbocycles. The van der Waals surface area contributed by atoms with Crippen molar-refractivity contribution in [3.63, 3.8) is 0 Å². The van der Waals surface area contributed by atoms with Crippen molar-refractivity contribution in [1.82, 2.24) is 0 Å². The topological polar surface area (TPSA) is 0 Å². The Morgan fingerprint density at radius 2 is 1.00 bits per heavy atom. The molecule has 0 aromatic heterocycles. The molecule has 0 bridgehead atoms. The zero-order chi connectivity index (χ0) is 17.4. The Kier molecular flexibility index (Phi) is 21.1. The maximum absolute atomic E-state index is 4.04. The summed E-state index contributed by atoms with van der Waals surface area (Å²) in [6.07, 6.45) is 22.7. The molecule has 0 rings (SSSR count). The number of hydrogen-bond donors (Lipinski definition) is 0. The van der Waals surface area contributed by atoms with Crippen LogP contribution in [0.2, 0.25) is 0 Å². The molecule has 2 unspecified atom stereocenters. The Balaban J connectivity index is 0. The molecule has 0 nitrogen and oxygen atoms in total. The smallest absolute Gasteiger partial charge is 0.0280 e. The van der Waals surface area contributed by atoms with Gasteiger partial charge in [0.1, 0.15) is 0 Å². The molecule has 0 radical (unpaired) electrons. The molecule has 148 valence electrons. The lowest BCUT2D eigenvalue weighted by molar-refractivity contribution is 0.321. The average molecular weight is 424 g/mol. The molecule has 0 aliphatic rings. The molecule has 0 amide bonds. The number of hydrogen-bond acceptors (Lipinski definition) is 0. The Morgan fingerprint density at radius 1 is 0.625 bits per heavy atom. The first-order chi connectivity index (χ1) is 11.1. The zero-order valence-electron chi connectivity index (χ0n) is 17.5. The first kappa shape index (κ1) is 27.1. The van der Waals surface area contributed by atoms with Crippen LogP contribution in [0.4, 0.5) is 0 Å². The fraction of sp³-hybridized carbons (Fsp3) is 1.00. The van der Waals surface area contributed by atoms with Crippen molar-refractivity contribution in [2.75, 3.05) is 0 Å². The first-order valence-corrected chi connectivity index (χ1v) is 11.6. The van der Waals surface area contributed by atoms with E-state index in [0.29, 0.717) is 4.32 Å². The van der Waals surface area contributed by atoms with Gasteiger partial charge in [0.25, 0.3) is 0 Å². The Hall–Kier alpha value is 0.910. The third kappa shape index (κ3) is 13.2. The van der Waals surface area contributed by atoms with E-state index in [0.717, 1.165) is 5.92 Å². The summed E-state index contributed by atoms with van der Waals surface area (Å²) in [4.78, 5) is 0. The predicted octanol–water partition coefficient (Wildman–Crippen LogP) is 9.12. The molecule has 0 spiro atoms. The summed E-state index contributed by atoms with van der Waals surface area (Å²) in [6.45, 7) is 9.34. The normalized spacial score (nSPS) is 12.9. The van der Waals surface area contributed by atoms with Crippen LogP contribution in [0.1, 0.15) is 130 Å². The van der Waals surface area contributed by atoms with Crippen molar-refractivity contribution >= 4 is 25.8 Å². The monoisotopic (exact) mass is 422 g/mol. The number of alkyl halides is 1. The van der Waals surface area contributed by atoms with Crippen LogP contribution in [0.5, 0.6) is 0 Å². The van der Waals surface area contributed by atoms with Gasteiger partial charge in [0, 0.05) is 4.32 Å². The quantitative estimate of drug-likeness (QED) is 0.124.